The zero-order chi connectivity index (χ0) is 17.9. The van der Waals surface area contributed by atoms with E-state index in [1.54, 1.807) is 30.3 Å². The third-order valence-corrected chi connectivity index (χ3v) is 3.68. The molecule has 130 valence electrons. The number of halogens is 4. The monoisotopic (exact) mass is 349 g/mol. The van der Waals surface area contributed by atoms with Crippen molar-refractivity contribution in [2.24, 2.45) is 0 Å². The molecule has 2 aromatic carbocycles. The molecule has 0 fully saturated rings. The third-order valence-electron chi connectivity index (χ3n) is 3.68. The highest BCUT2D eigenvalue weighted by Crippen LogP contribution is 2.32. The Labute approximate surface area is 142 Å². The van der Waals surface area contributed by atoms with Crippen LogP contribution in [0.1, 0.15) is 16.9 Å². The van der Waals surface area contributed by atoms with Crippen LogP contribution in [0.5, 0.6) is 0 Å². The average molecular weight is 349 g/mol. The quantitative estimate of drug-likeness (QED) is 0.625. The molecule has 0 unspecified atom stereocenters. The minimum absolute atomic E-state index is 0.291. The van der Waals surface area contributed by atoms with Crippen LogP contribution in [-0.4, -0.2) is 0 Å². The molecule has 0 saturated heterocycles. The topological polar surface area (TPSA) is 25.2 Å². The van der Waals surface area contributed by atoms with Gasteiger partial charge in [-0.1, -0.05) is 24.3 Å². The second-order valence-corrected chi connectivity index (χ2v) is 5.57. The third kappa shape index (κ3) is 4.48. The van der Waals surface area contributed by atoms with Gasteiger partial charge in [0.05, 0.1) is 12.1 Å². The standard InChI is InChI=1S/C19H15F4NO/c20-16-6-4-13(5-7-16)11-24-12-17-8-9-18(25-17)14-2-1-3-15(10-14)19(21,22)23/h1-10,24H,11-12H2. The summed E-state index contributed by atoms with van der Waals surface area (Å²) < 4.78 is 56.8. The Balaban J connectivity index is 1.63. The molecule has 6 heteroatoms. The maximum atomic E-state index is 12.8. The molecule has 0 radical (unpaired) electrons. The van der Waals surface area contributed by atoms with E-state index in [0.29, 0.717) is 30.2 Å². The zero-order valence-electron chi connectivity index (χ0n) is 13.1. The number of furan rings is 1. The van der Waals surface area contributed by atoms with Gasteiger partial charge in [-0.05, 0) is 42.0 Å². The maximum absolute atomic E-state index is 12.8. The van der Waals surface area contributed by atoms with Gasteiger partial charge in [-0.2, -0.15) is 13.2 Å². The molecule has 3 rings (SSSR count). The van der Waals surface area contributed by atoms with Crippen molar-refractivity contribution in [1.82, 2.24) is 5.32 Å². The summed E-state index contributed by atoms with van der Waals surface area (Å²) in [5.74, 6) is 0.694. The Morgan fingerprint density at radius 1 is 0.880 bits per heavy atom. The summed E-state index contributed by atoms with van der Waals surface area (Å²) in [7, 11) is 0. The Morgan fingerprint density at radius 3 is 2.36 bits per heavy atom. The molecule has 3 aromatic rings. The number of alkyl halides is 3. The molecule has 0 amide bonds. The summed E-state index contributed by atoms with van der Waals surface area (Å²) in [4.78, 5) is 0. The van der Waals surface area contributed by atoms with E-state index in [1.165, 1.54) is 18.2 Å². The van der Waals surface area contributed by atoms with Gasteiger partial charge < -0.3 is 9.73 Å². The van der Waals surface area contributed by atoms with Crippen LogP contribution in [-0.2, 0) is 19.3 Å². The summed E-state index contributed by atoms with van der Waals surface area (Å²) in [6.07, 6.45) is -4.39. The molecule has 0 spiro atoms. The second-order valence-electron chi connectivity index (χ2n) is 5.57. The van der Waals surface area contributed by atoms with Crippen molar-refractivity contribution in [3.8, 4) is 11.3 Å². The first-order valence-corrected chi connectivity index (χ1v) is 7.63. The van der Waals surface area contributed by atoms with Gasteiger partial charge in [0.1, 0.15) is 17.3 Å². The highest BCUT2D eigenvalue weighted by molar-refractivity contribution is 5.58. The minimum atomic E-state index is -4.39. The normalized spacial score (nSPS) is 11.7. The fourth-order valence-corrected chi connectivity index (χ4v) is 2.41. The van der Waals surface area contributed by atoms with Crippen molar-refractivity contribution in [3.05, 3.63) is 83.4 Å². The van der Waals surface area contributed by atoms with E-state index in [1.807, 2.05) is 0 Å². The van der Waals surface area contributed by atoms with Crippen LogP contribution in [0.15, 0.2) is 65.1 Å². The van der Waals surface area contributed by atoms with Crippen molar-refractivity contribution >= 4 is 0 Å². The first kappa shape index (κ1) is 17.2. The molecule has 0 aliphatic rings. The highest BCUT2D eigenvalue weighted by Gasteiger charge is 2.30. The van der Waals surface area contributed by atoms with Gasteiger partial charge in [0.25, 0.3) is 0 Å². The number of nitrogens with one attached hydrogen (secondary N) is 1. The Morgan fingerprint density at radius 2 is 1.64 bits per heavy atom. The first-order chi connectivity index (χ1) is 11.9. The lowest BCUT2D eigenvalue weighted by atomic mass is 10.1. The summed E-state index contributed by atoms with van der Waals surface area (Å²) in [5.41, 5.74) is 0.586. The molecule has 1 N–H and O–H groups in total. The van der Waals surface area contributed by atoms with E-state index in [-0.39, 0.29) is 5.82 Å². The fraction of sp³-hybridized carbons (Fsp3) is 0.158. The van der Waals surface area contributed by atoms with Gasteiger partial charge >= 0.3 is 6.18 Å². The molecular formula is C19H15F4NO. The van der Waals surface area contributed by atoms with Crippen molar-refractivity contribution in [3.63, 3.8) is 0 Å². The van der Waals surface area contributed by atoms with Crippen LogP contribution in [0.2, 0.25) is 0 Å². The Kier molecular flexibility index (Phi) is 4.90. The number of benzene rings is 2. The molecule has 0 atom stereocenters. The van der Waals surface area contributed by atoms with Crippen molar-refractivity contribution in [2.45, 2.75) is 19.3 Å². The smallest absolute Gasteiger partial charge is 0.416 e. The van der Waals surface area contributed by atoms with Gasteiger partial charge in [-0.3, -0.25) is 0 Å². The molecule has 2 nitrogen and oxygen atoms in total. The van der Waals surface area contributed by atoms with Crippen molar-refractivity contribution in [1.29, 1.82) is 0 Å². The van der Waals surface area contributed by atoms with E-state index in [4.69, 9.17) is 4.42 Å². The zero-order valence-corrected chi connectivity index (χ0v) is 13.1. The van der Waals surface area contributed by atoms with Crippen LogP contribution in [0, 0.1) is 5.82 Å². The average Bonchev–Trinajstić information content (AvgIpc) is 3.05. The molecule has 0 saturated carbocycles. The van der Waals surface area contributed by atoms with Gasteiger partial charge in [0.15, 0.2) is 0 Å². The second kappa shape index (κ2) is 7.11. The lowest BCUT2D eigenvalue weighted by molar-refractivity contribution is -0.137. The lowest BCUT2D eigenvalue weighted by Crippen LogP contribution is -2.11. The van der Waals surface area contributed by atoms with Crippen molar-refractivity contribution in [2.75, 3.05) is 0 Å². The van der Waals surface area contributed by atoms with Crippen LogP contribution in [0.25, 0.3) is 11.3 Å². The molecule has 0 aliphatic carbocycles. The largest absolute Gasteiger partial charge is 0.460 e. The molecular weight excluding hydrogens is 334 g/mol. The predicted octanol–water partition coefficient (Wildman–Crippen LogP) is 5.39. The van der Waals surface area contributed by atoms with Gasteiger partial charge in [0.2, 0.25) is 0 Å². The van der Waals surface area contributed by atoms with E-state index in [0.717, 1.165) is 17.7 Å². The lowest BCUT2D eigenvalue weighted by Gasteiger charge is -2.07. The molecule has 25 heavy (non-hydrogen) atoms. The minimum Gasteiger partial charge on any atom is -0.460 e. The summed E-state index contributed by atoms with van der Waals surface area (Å²) in [6.45, 7) is 0.941. The van der Waals surface area contributed by atoms with Crippen LogP contribution >= 0.6 is 0 Å². The van der Waals surface area contributed by atoms with Gasteiger partial charge in [-0.25, -0.2) is 4.39 Å². The summed E-state index contributed by atoms with van der Waals surface area (Å²) >= 11 is 0. The van der Waals surface area contributed by atoms with E-state index < -0.39 is 11.7 Å². The van der Waals surface area contributed by atoms with E-state index >= 15 is 0 Å². The van der Waals surface area contributed by atoms with Gasteiger partial charge in [-0.15, -0.1) is 0 Å². The molecule has 1 heterocycles. The molecule has 0 bridgehead atoms. The fourth-order valence-electron chi connectivity index (χ4n) is 2.41. The van der Waals surface area contributed by atoms with E-state index in [9.17, 15) is 17.6 Å². The van der Waals surface area contributed by atoms with Crippen LogP contribution in [0.4, 0.5) is 17.6 Å². The first-order valence-electron chi connectivity index (χ1n) is 7.63. The summed E-state index contributed by atoms with van der Waals surface area (Å²) in [5, 5.41) is 3.14. The van der Waals surface area contributed by atoms with Crippen LogP contribution < -0.4 is 5.32 Å². The van der Waals surface area contributed by atoms with E-state index in [2.05, 4.69) is 5.32 Å². The van der Waals surface area contributed by atoms with Crippen LogP contribution in [0.3, 0.4) is 0 Å². The maximum Gasteiger partial charge on any atom is 0.416 e. The highest BCUT2D eigenvalue weighted by atomic mass is 19.4. The predicted molar refractivity (Wildman–Crippen MR) is 86.1 cm³/mol. The number of hydrogen-bond donors (Lipinski definition) is 1. The molecule has 1 aromatic heterocycles. The van der Waals surface area contributed by atoms with Gasteiger partial charge in [0, 0.05) is 12.1 Å². The number of hydrogen-bond acceptors (Lipinski definition) is 2. The summed E-state index contributed by atoms with van der Waals surface area (Å²) in [6, 6.07) is 14.5. The SMILES string of the molecule is Fc1ccc(CNCc2ccc(-c3cccc(C(F)(F)F)c3)o2)cc1. The Bertz CT molecular complexity index is 837. The van der Waals surface area contributed by atoms with Crippen molar-refractivity contribution < 1.29 is 22.0 Å². The Hall–Kier alpha value is -2.60. The molecule has 0 aliphatic heterocycles. The number of rotatable bonds is 5.